The van der Waals surface area contributed by atoms with E-state index in [0.29, 0.717) is 28.1 Å². The van der Waals surface area contributed by atoms with E-state index >= 15 is 0 Å². The molecule has 0 saturated carbocycles. The Morgan fingerprint density at radius 2 is 1.84 bits per heavy atom. The summed E-state index contributed by atoms with van der Waals surface area (Å²) in [5, 5.41) is 0.619. The number of hydrogen-bond acceptors (Lipinski definition) is 6. The number of rotatable bonds is 7. The van der Waals surface area contributed by atoms with Gasteiger partial charge in [0, 0.05) is 6.20 Å². The van der Waals surface area contributed by atoms with Crippen molar-refractivity contribution in [3.05, 3.63) is 77.6 Å². The number of carbonyl (C=O) groups is 1. The summed E-state index contributed by atoms with van der Waals surface area (Å²) >= 11 is 1.50. The molecule has 2 aromatic carbocycles. The number of hydrogen-bond donors (Lipinski definition) is 0. The van der Waals surface area contributed by atoms with Gasteiger partial charge in [0.25, 0.3) is 5.91 Å². The van der Waals surface area contributed by atoms with E-state index in [1.807, 2.05) is 30.3 Å². The van der Waals surface area contributed by atoms with Crippen LogP contribution in [0.5, 0.6) is 11.5 Å². The summed E-state index contributed by atoms with van der Waals surface area (Å²) in [4.78, 5) is 24.8. The molecular formula is C25H25N3O3S. The molecule has 2 heterocycles. The van der Waals surface area contributed by atoms with Crippen LogP contribution in [0.1, 0.15) is 41.4 Å². The molecule has 0 radical (unpaired) electrons. The van der Waals surface area contributed by atoms with Crippen molar-refractivity contribution >= 4 is 32.6 Å². The second kappa shape index (κ2) is 9.36. The van der Waals surface area contributed by atoms with E-state index in [1.165, 1.54) is 18.4 Å². The molecule has 0 bridgehead atoms. The lowest BCUT2D eigenvalue weighted by molar-refractivity contribution is 0.0981. The third kappa shape index (κ3) is 4.16. The van der Waals surface area contributed by atoms with Crippen LogP contribution in [0.4, 0.5) is 5.13 Å². The molecule has 4 rings (SSSR count). The molecule has 2 aromatic heterocycles. The minimum Gasteiger partial charge on any atom is -0.493 e. The zero-order valence-corrected chi connectivity index (χ0v) is 19.3. The zero-order valence-electron chi connectivity index (χ0n) is 18.5. The third-order valence-electron chi connectivity index (χ3n) is 5.22. The van der Waals surface area contributed by atoms with Gasteiger partial charge in [0.05, 0.1) is 42.2 Å². The Morgan fingerprint density at radius 1 is 1.03 bits per heavy atom. The fourth-order valence-electron chi connectivity index (χ4n) is 3.62. The number of methoxy groups -OCH3 is 2. The summed E-state index contributed by atoms with van der Waals surface area (Å²) in [5.74, 6) is 1.00. The van der Waals surface area contributed by atoms with Crippen molar-refractivity contribution in [2.24, 2.45) is 0 Å². The molecule has 7 heteroatoms. The fourth-order valence-corrected chi connectivity index (χ4v) is 4.62. The highest BCUT2D eigenvalue weighted by Crippen LogP contribution is 2.37. The van der Waals surface area contributed by atoms with Gasteiger partial charge in [-0.1, -0.05) is 49.4 Å². The standard InChI is InChI=1S/C25H25N3O3S/c1-16(2)18-10-8-13-21-22(18)27-25(32-21)28(15-17-9-5-6-14-26-17)24(29)19-11-7-12-20(30-3)23(19)31-4/h5-14,16H,15H2,1-4H3. The number of benzene rings is 2. The highest BCUT2D eigenvalue weighted by atomic mass is 32.1. The van der Waals surface area contributed by atoms with E-state index in [-0.39, 0.29) is 12.5 Å². The first-order valence-corrected chi connectivity index (χ1v) is 11.2. The number of amides is 1. The van der Waals surface area contributed by atoms with Crippen LogP contribution in [0, 0.1) is 0 Å². The fraction of sp³-hybridized carbons (Fsp3) is 0.240. The normalized spacial score (nSPS) is 11.0. The molecule has 0 unspecified atom stereocenters. The maximum atomic E-state index is 13.8. The number of anilines is 1. The lowest BCUT2D eigenvalue weighted by Crippen LogP contribution is -2.31. The van der Waals surface area contributed by atoms with Crippen LogP contribution < -0.4 is 14.4 Å². The van der Waals surface area contributed by atoms with Gasteiger partial charge in [0.1, 0.15) is 0 Å². The first-order chi connectivity index (χ1) is 15.5. The van der Waals surface area contributed by atoms with E-state index < -0.39 is 0 Å². The van der Waals surface area contributed by atoms with Gasteiger partial charge in [-0.2, -0.15) is 0 Å². The summed E-state index contributed by atoms with van der Waals surface area (Å²) in [6.07, 6.45) is 1.72. The molecule has 32 heavy (non-hydrogen) atoms. The van der Waals surface area contributed by atoms with Crippen LogP contribution in [-0.2, 0) is 6.54 Å². The van der Waals surface area contributed by atoms with E-state index in [4.69, 9.17) is 14.5 Å². The number of aromatic nitrogens is 2. The van der Waals surface area contributed by atoms with Crippen molar-refractivity contribution in [3.63, 3.8) is 0 Å². The van der Waals surface area contributed by atoms with Crippen molar-refractivity contribution in [2.75, 3.05) is 19.1 Å². The molecule has 4 aromatic rings. The number of ether oxygens (including phenoxy) is 2. The summed E-state index contributed by atoms with van der Waals surface area (Å²) in [6, 6.07) is 17.1. The molecule has 6 nitrogen and oxygen atoms in total. The van der Waals surface area contributed by atoms with Crippen LogP contribution >= 0.6 is 11.3 Å². The molecule has 1 amide bonds. The van der Waals surface area contributed by atoms with E-state index in [1.54, 1.807) is 36.4 Å². The summed E-state index contributed by atoms with van der Waals surface area (Å²) in [5.41, 5.74) is 3.27. The second-order valence-electron chi connectivity index (χ2n) is 7.60. The largest absolute Gasteiger partial charge is 0.493 e. The van der Waals surface area contributed by atoms with E-state index in [2.05, 4.69) is 24.9 Å². The first-order valence-electron chi connectivity index (χ1n) is 10.4. The van der Waals surface area contributed by atoms with Crippen molar-refractivity contribution in [2.45, 2.75) is 26.3 Å². The maximum Gasteiger partial charge on any atom is 0.264 e. The average molecular weight is 448 g/mol. The van der Waals surface area contributed by atoms with Crippen molar-refractivity contribution in [1.82, 2.24) is 9.97 Å². The molecule has 164 valence electrons. The molecule has 0 atom stereocenters. The Hall–Kier alpha value is -3.45. The van der Waals surface area contributed by atoms with Gasteiger partial charge in [-0.3, -0.25) is 14.7 Å². The number of carbonyl (C=O) groups excluding carboxylic acids is 1. The topological polar surface area (TPSA) is 64.5 Å². The molecule has 0 spiro atoms. The van der Waals surface area contributed by atoms with Crippen LogP contribution in [-0.4, -0.2) is 30.1 Å². The van der Waals surface area contributed by atoms with Crippen LogP contribution in [0.15, 0.2) is 60.8 Å². The maximum absolute atomic E-state index is 13.8. The van der Waals surface area contributed by atoms with Crippen LogP contribution in [0.25, 0.3) is 10.2 Å². The predicted molar refractivity (Wildman–Crippen MR) is 128 cm³/mol. The van der Waals surface area contributed by atoms with Gasteiger partial charge >= 0.3 is 0 Å². The lowest BCUT2D eigenvalue weighted by atomic mass is 10.0. The minimum atomic E-state index is -0.225. The predicted octanol–water partition coefficient (Wildman–Crippen LogP) is 5.68. The van der Waals surface area contributed by atoms with Gasteiger partial charge in [0.2, 0.25) is 0 Å². The monoisotopic (exact) mass is 447 g/mol. The summed E-state index contributed by atoms with van der Waals surface area (Å²) < 4.78 is 12.0. The quantitative estimate of drug-likeness (QED) is 0.365. The van der Waals surface area contributed by atoms with Gasteiger partial charge in [-0.25, -0.2) is 4.98 Å². The molecule has 0 N–H and O–H groups in total. The minimum absolute atomic E-state index is 0.225. The Balaban J connectivity index is 1.84. The summed E-state index contributed by atoms with van der Waals surface area (Å²) in [6.45, 7) is 4.58. The Morgan fingerprint density at radius 3 is 2.53 bits per heavy atom. The number of thiazole rings is 1. The number of para-hydroxylation sites is 2. The molecule has 0 saturated heterocycles. The number of nitrogens with zero attached hydrogens (tertiary/aromatic N) is 3. The van der Waals surface area contributed by atoms with Crippen LogP contribution in [0.3, 0.4) is 0 Å². The summed E-state index contributed by atoms with van der Waals surface area (Å²) in [7, 11) is 3.09. The highest BCUT2D eigenvalue weighted by molar-refractivity contribution is 7.22. The number of fused-ring (bicyclic) bond motifs is 1. The zero-order chi connectivity index (χ0) is 22.7. The Kier molecular flexibility index (Phi) is 6.37. The van der Waals surface area contributed by atoms with Crippen molar-refractivity contribution in [3.8, 4) is 11.5 Å². The molecule has 0 aliphatic heterocycles. The SMILES string of the molecule is COc1cccc(C(=O)N(Cc2ccccn2)c2nc3c(C(C)C)cccc3s2)c1OC. The molecular weight excluding hydrogens is 422 g/mol. The van der Waals surface area contributed by atoms with Crippen molar-refractivity contribution < 1.29 is 14.3 Å². The second-order valence-corrected chi connectivity index (χ2v) is 8.61. The Bertz CT molecular complexity index is 1240. The van der Waals surface area contributed by atoms with Gasteiger partial charge in [0.15, 0.2) is 16.6 Å². The van der Waals surface area contributed by atoms with Gasteiger partial charge < -0.3 is 9.47 Å². The molecule has 0 aliphatic rings. The van der Waals surface area contributed by atoms with E-state index in [0.717, 1.165) is 21.5 Å². The smallest absolute Gasteiger partial charge is 0.264 e. The van der Waals surface area contributed by atoms with Crippen LogP contribution in [0.2, 0.25) is 0 Å². The average Bonchev–Trinajstić information content (AvgIpc) is 3.26. The van der Waals surface area contributed by atoms with Crippen molar-refractivity contribution in [1.29, 1.82) is 0 Å². The van der Waals surface area contributed by atoms with E-state index in [9.17, 15) is 4.79 Å². The highest BCUT2D eigenvalue weighted by Gasteiger charge is 2.26. The number of pyridine rings is 1. The van der Waals surface area contributed by atoms with Gasteiger partial charge in [-0.05, 0) is 41.8 Å². The third-order valence-corrected chi connectivity index (χ3v) is 6.26. The molecule has 0 aliphatic carbocycles. The molecule has 0 fully saturated rings. The lowest BCUT2D eigenvalue weighted by Gasteiger charge is -2.21. The first kappa shape index (κ1) is 21.8. The van der Waals surface area contributed by atoms with Gasteiger partial charge in [-0.15, -0.1) is 0 Å². The Labute approximate surface area is 191 Å².